The highest BCUT2D eigenvalue weighted by atomic mass is 16.3. The summed E-state index contributed by atoms with van der Waals surface area (Å²) in [7, 11) is 0. The zero-order valence-corrected chi connectivity index (χ0v) is 12.4. The molecule has 1 aliphatic heterocycles. The van der Waals surface area contributed by atoms with Crippen LogP contribution in [0, 0.1) is 23.2 Å². The number of β-amino-alcohol motifs (C(OH)–C–C–N with tert-alkyl or cyclic N) is 1. The van der Waals surface area contributed by atoms with E-state index in [2.05, 4.69) is 4.90 Å². The zero-order chi connectivity index (χ0) is 13.1. The molecule has 1 N–H and O–H groups in total. The van der Waals surface area contributed by atoms with Gasteiger partial charge in [-0.1, -0.05) is 0 Å². The lowest BCUT2D eigenvalue weighted by Gasteiger charge is -2.58. The Morgan fingerprint density at radius 3 is 2.16 bits per heavy atom. The monoisotopic (exact) mass is 263 g/mol. The molecule has 0 radical (unpaired) electrons. The summed E-state index contributed by atoms with van der Waals surface area (Å²) in [6.45, 7) is 5.44. The summed E-state index contributed by atoms with van der Waals surface area (Å²) in [4.78, 5) is 2.59. The Kier molecular flexibility index (Phi) is 2.80. The maximum Gasteiger partial charge on any atom is 0.0746 e. The minimum atomic E-state index is -0.430. The van der Waals surface area contributed by atoms with Gasteiger partial charge in [0.15, 0.2) is 0 Å². The summed E-state index contributed by atoms with van der Waals surface area (Å²) in [6.07, 6.45) is 11.3. The Morgan fingerprint density at radius 2 is 1.63 bits per heavy atom. The fourth-order valence-electron chi connectivity index (χ4n) is 6.42. The summed E-state index contributed by atoms with van der Waals surface area (Å²) in [5, 5.41) is 10.3. The fraction of sp³-hybridized carbons (Fsp3) is 1.00. The van der Waals surface area contributed by atoms with Gasteiger partial charge in [0.05, 0.1) is 5.60 Å². The average molecular weight is 263 g/mol. The van der Waals surface area contributed by atoms with Crippen molar-refractivity contribution < 1.29 is 5.11 Å². The first-order valence-corrected chi connectivity index (χ1v) is 8.47. The maximum absolute atomic E-state index is 10.3. The first-order chi connectivity index (χ1) is 9.02. The van der Waals surface area contributed by atoms with Gasteiger partial charge in [-0.15, -0.1) is 0 Å². The Morgan fingerprint density at radius 1 is 1.05 bits per heavy atom. The van der Waals surface area contributed by atoms with Gasteiger partial charge >= 0.3 is 0 Å². The van der Waals surface area contributed by atoms with Gasteiger partial charge < -0.3 is 5.11 Å². The number of aliphatic hydroxyl groups is 1. The van der Waals surface area contributed by atoms with Crippen LogP contribution in [0.4, 0.5) is 0 Å². The van der Waals surface area contributed by atoms with Crippen molar-refractivity contribution in [2.24, 2.45) is 23.2 Å². The standard InChI is InChI=1S/C17H29NO/c1-16(19)3-2-4-18(11-16)12-17-8-13-5-14(9-17)7-15(6-13)10-17/h13-15,19H,2-12H2,1H3. The lowest BCUT2D eigenvalue weighted by atomic mass is 9.49. The van der Waals surface area contributed by atoms with Crippen LogP contribution >= 0.6 is 0 Å². The summed E-state index contributed by atoms with van der Waals surface area (Å²) < 4.78 is 0. The molecule has 4 saturated carbocycles. The van der Waals surface area contributed by atoms with E-state index in [1.165, 1.54) is 58.0 Å². The lowest BCUT2D eigenvalue weighted by molar-refractivity contribution is -0.0887. The van der Waals surface area contributed by atoms with Crippen molar-refractivity contribution in [3.63, 3.8) is 0 Å². The normalized spacial score (nSPS) is 53.7. The molecule has 5 fully saturated rings. The first-order valence-electron chi connectivity index (χ1n) is 8.47. The number of rotatable bonds is 2. The Labute approximate surface area is 117 Å². The van der Waals surface area contributed by atoms with Gasteiger partial charge in [0.25, 0.3) is 0 Å². The number of hydrogen-bond donors (Lipinski definition) is 1. The lowest BCUT2D eigenvalue weighted by Crippen LogP contribution is -2.54. The number of nitrogens with zero attached hydrogens (tertiary/aromatic N) is 1. The van der Waals surface area contributed by atoms with Crippen molar-refractivity contribution in [3.8, 4) is 0 Å². The van der Waals surface area contributed by atoms with Crippen molar-refractivity contribution >= 4 is 0 Å². The van der Waals surface area contributed by atoms with Gasteiger partial charge in [-0.05, 0) is 88.0 Å². The molecule has 2 nitrogen and oxygen atoms in total. The molecule has 19 heavy (non-hydrogen) atoms. The average Bonchev–Trinajstić information content (AvgIpc) is 2.24. The minimum absolute atomic E-state index is 0.430. The molecule has 0 aromatic carbocycles. The second kappa shape index (κ2) is 4.21. The Hall–Kier alpha value is -0.0800. The largest absolute Gasteiger partial charge is 0.389 e. The highest BCUT2D eigenvalue weighted by Crippen LogP contribution is 2.60. The Bertz CT molecular complexity index is 327. The minimum Gasteiger partial charge on any atom is -0.389 e. The molecule has 1 saturated heterocycles. The third-order valence-corrected chi connectivity index (χ3v) is 6.48. The molecule has 0 amide bonds. The van der Waals surface area contributed by atoms with Crippen LogP contribution in [0.5, 0.6) is 0 Å². The predicted octanol–water partition coefficient (Wildman–Crippen LogP) is 3.05. The van der Waals surface area contributed by atoms with Crippen molar-refractivity contribution in [1.82, 2.24) is 4.90 Å². The first kappa shape index (κ1) is 12.6. The highest BCUT2D eigenvalue weighted by Gasteiger charge is 2.51. The summed E-state index contributed by atoms with van der Waals surface area (Å²) in [5.74, 6) is 3.16. The molecular formula is C17H29NO. The third kappa shape index (κ3) is 2.35. The molecule has 108 valence electrons. The van der Waals surface area contributed by atoms with Gasteiger partial charge in [0, 0.05) is 13.1 Å². The molecule has 1 unspecified atom stereocenters. The molecule has 5 rings (SSSR count). The molecular weight excluding hydrogens is 234 g/mol. The number of piperidine rings is 1. The van der Waals surface area contributed by atoms with Crippen LogP contribution in [-0.2, 0) is 0 Å². The third-order valence-electron chi connectivity index (χ3n) is 6.48. The summed E-state index contributed by atoms with van der Waals surface area (Å²) in [6, 6.07) is 0. The van der Waals surface area contributed by atoms with Crippen LogP contribution in [0.3, 0.4) is 0 Å². The van der Waals surface area contributed by atoms with Crippen molar-refractivity contribution in [1.29, 1.82) is 0 Å². The van der Waals surface area contributed by atoms with Crippen LogP contribution < -0.4 is 0 Å². The molecule has 0 spiro atoms. The van der Waals surface area contributed by atoms with E-state index in [0.29, 0.717) is 5.41 Å². The van der Waals surface area contributed by atoms with E-state index in [1.54, 1.807) is 0 Å². The highest BCUT2D eigenvalue weighted by molar-refractivity contribution is 5.03. The molecule has 1 atom stereocenters. The van der Waals surface area contributed by atoms with E-state index in [9.17, 15) is 5.11 Å². The van der Waals surface area contributed by atoms with Crippen LogP contribution in [0.2, 0.25) is 0 Å². The Balaban J connectivity index is 1.47. The molecule has 4 bridgehead atoms. The van der Waals surface area contributed by atoms with E-state index in [1.807, 2.05) is 6.92 Å². The van der Waals surface area contributed by atoms with Crippen LogP contribution in [0.1, 0.15) is 58.3 Å². The number of likely N-dealkylation sites (tertiary alicyclic amines) is 1. The molecule has 0 aromatic heterocycles. The zero-order valence-electron chi connectivity index (χ0n) is 12.4. The topological polar surface area (TPSA) is 23.5 Å². The maximum atomic E-state index is 10.3. The predicted molar refractivity (Wildman–Crippen MR) is 76.9 cm³/mol. The van der Waals surface area contributed by atoms with E-state index >= 15 is 0 Å². The summed E-state index contributed by atoms with van der Waals surface area (Å²) >= 11 is 0. The van der Waals surface area contributed by atoms with Crippen LogP contribution in [0.25, 0.3) is 0 Å². The smallest absolute Gasteiger partial charge is 0.0746 e. The van der Waals surface area contributed by atoms with E-state index < -0.39 is 5.60 Å². The van der Waals surface area contributed by atoms with Gasteiger partial charge in [0.1, 0.15) is 0 Å². The molecule has 4 aliphatic carbocycles. The molecule has 2 heteroatoms. The fourth-order valence-corrected chi connectivity index (χ4v) is 6.42. The van der Waals surface area contributed by atoms with E-state index in [-0.39, 0.29) is 0 Å². The second-order valence-electron chi connectivity index (χ2n) is 8.73. The van der Waals surface area contributed by atoms with Crippen molar-refractivity contribution in [2.75, 3.05) is 19.6 Å². The van der Waals surface area contributed by atoms with Gasteiger partial charge in [-0.2, -0.15) is 0 Å². The quantitative estimate of drug-likeness (QED) is 0.827. The summed E-state index contributed by atoms with van der Waals surface area (Å²) in [5.41, 5.74) is 0.211. The second-order valence-corrected chi connectivity index (χ2v) is 8.73. The van der Waals surface area contributed by atoms with Crippen molar-refractivity contribution in [3.05, 3.63) is 0 Å². The van der Waals surface area contributed by atoms with Gasteiger partial charge in [-0.25, -0.2) is 0 Å². The molecule has 5 aliphatic rings. The molecule has 1 heterocycles. The van der Waals surface area contributed by atoms with E-state index in [4.69, 9.17) is 0 Å². The van der Waals surface area contributed by atoms with Gasteiger partial charge in [-0.3, -0.25) is 4.90 Å². The SMILES string of the molecule is CC1(O)CCCN(CC23CC4CC(CC(C4)C2)C3)C1. The van der Waals surface area contributed by atoms with Crippen LogP contribution in [-0.4, -0.2) is 35.2 Å². The van der Waals surface area contributed by atoms with E-state index in [0.717, 1.165) is 30.7 Å². The molecule has 0 aromatic rings. The van der Waals surface area contributed by atoms with Gasteiger partial charge in [0.2, 0.25) is 0 Å². The van der Waals surface area contributed by atoms with Crippen LogP contribution in [0.15, 0.2) is 0 Å². The van der Waals surface area contributed by atoms with Crippen molar-refractivity contribution in [2.45, 2.75) is 63.9 Å². The number of hydrogen-bond acceptors (Lipinski definition) is 2.